The molecule has 0 unspecified atom stereocenters. The molecule has 4 aromatic rings. The normalized spacial score (nSPS) is 14.0. The second kappa shape index (κ2) is 10.3. The molecule has 186 valence electrons. The molecule has 0 bridgehead atoms. The summed E-state index contributed by atoms with van der Waals surface area (Å²) >= 11 is 0. The van der Waals surface area contributed by atoms with Gasteiger partial charge >= 0.3 is 0 Å². The van der Waals surface area contributed by atoms with E-state index in [4.69, 9.17) is 9.57 Å². The molecule has 1 aliphatic rings. The average molecular weight is 497 g/mol. The summed E-state index contributed by atoms with van der Waals surface area (Å²) in [6.07, 6.45) is 4.75. The van der Waals surface area contributed by atoms with Crippen molar-refractivity contribution in [1.82, 2.24) is 4.98 Å². The van der Waals surface area contributed by atoms with Gasteiger partial charge in [0.2, 0.25) is 0 Å². The number of hydrogen-bond acceptors (Lipinski definition) is 6. The molecule has 0 atom stereocenters. The molecule has 0 N–H and O–H groups in total. The van der Waals surface area contributed by atoms with E-state index in [1.807, 2.05) is 42.5 Å². The van der Waals surface area contributed by atoms with Crippen LogP contribution in [0.25, 0.3) is 10.9 Å². The number of oxime groups is 1. The van der Waals surface area contributed by atoms with Crippen LogP contribution in [-0.2, 0) is 27.3 Å². The Morgan fingerprint density at radius 2 is 1.59 bits per heavy atom. The number of benzene rings is 3. The maximum Gasteiger partial charge on any atom is 0.150 e. The van der Waals surface area contributed by atoms with E-state index in [2.05, 4.69) is 10.1 Å². The largest absolute Gasteiger partial charge is 0.457 e. The zero-order valence-electron chi connectivity index (χ0n) is 20.3. The number of carbonyl (C=O) groups is 2. The highest BCUT2D eigenvalue weighted by atomic mass is 19.1. The van der Waals surface area contributed by atoms with Gasteiger partial charge in [0, 0.05) is 24.4 Å². The van der Waals surface area contributed by atoms with Gasteiger partial charge in [0.15, 0.2) is 11.6 Å². The van der Waals surface area contributed by atoms with Crippen molar-refractivity contribution in [1.29, 1.82) is 0 Å². The standard InChI is InChI=1S/C30H25FN2O4/c1-36-33-19-22-6-11-25-26(16-22)32-15-12-27(25)37-24-9-4-21(5-10-24)18-29(35)30(13-14-30)28(34)17-20-2-7-23(31)8-3-20/h2-12,15-16,19H,13-14,17-18H2,1H3/b33-19+. The lowest BCUT2D eigenvalue weighted by Crippen LogP contribution is -2.28. The topological polar surface area (TPSA) is 77.9 Å². The third-order valence-electron chi connectivity index (χ3n) is 6.65. The van der Waals surface area contributed by atoms with E-state index in [1.54, 1.807) is 30.6 Å². The van der Waals surface area contributed by atoms with Crippen molar-refractivity contribution in [2.45, 2.75) is 25.7 Å². The number of Topliss-reactive ketones (excluding diaryl/α,β-unsaturated/α-hetero) is 2. The smallest absolute Gasteiger partial charge is 0.150 e. The van der Waals surface area contributed by atoms with Gasteiger partial charge in [-0.05, 0) is 72.0 Å². The lowest BCUT2D eigenvalue weighted by Gasteiger charge is -2.14. The molecule has 1 fully saturated rings. The Kier molecular flexibility index (Phi) is 6.77. The summed E-state index contributed by atoms with van der Waals surface area (Å²) in [6, 6.07) is 20.7. The van der Waals surface area contributed by atoms with E-state index in [0.717, 1.165) is 27.6 Å². The summed E-state index contributed by atoms with van der Waals surface area (Å²) in [5, 5.41) is 4.63. The van der Waals surface area contributed by atoms with Crippen molar-refractivity contribution >= 4 is 28.7 Å². The summed E-state index contributed by atoms with van der Waals surface area (Å²) in [6.45, 7) is 0. The molecule has 1 aromatic heterocycles. The third-order valence-corrected chi connectivity index (χ3v) is 6.65. The minimum Gasteiger partial charge on any atom is -0.457 e. The van der Waals surface area contributed by atoms with E-state index in [1.165, 1.54) is 19.2 Å². The quantitative estimate of drug-likeness (QED) is 0.156. The second-order valence-corrected chi connectivity index (χ2v) is 9.16. The molecule has 0 saturated heterocycles. The fourth-order valence-corrected chi connectivity index (χ4v) is 4.37. The van der Waals surface area contributed by atoms with Gasteiger partial charge in [-0.15, -0.1) is 0 Å². The first-order valence-corrected chi connectivity index (χ1v) is 12.0. The first-order chi connectivity index (χ1) is 18.0. The van der Waals surface area contributed by atoms with Crippen molar-refractivity contribution in [3.63, 3.8) is 0 Å². The highest BCUT2D eigenvalue weighted by Crippen LogP contribution is 2.48. The fourth-order valence-electron chi connectivity index (χ4n) is 4.37. The third kappa shape index (κ3) is 5.40. The van der Waals surface area contributed by atoms with Crippen molar-refractivity contribution < 1.29 is 23.6 Å². The van der Waals surface area contributed by atoms with Gasteiger partial charge in [-0.3, -0.25) is 14.6 Å². The monoisotopic (exact) mass is 496 g/mol. The molecule has 6 nitrogen and oxygen atoms in total. The Hall–Kier alpha value is -4.39. The number of hydrogen-bond donors (Lipinski definition) is 0. The summed E-state index contributed by atoms with van der Waals surface area (Å²) < 4.78 is 19.3. The van der Waals surface area contributed by atoms with E-state index in [9.17, 15) is 14.0 Å². The predicted molar refractivity (Wildman–Crippen MR) is 138 cm³/mol. The Morgan fingerprint density at radius 1 is 0.946 bits per heavy atom. The lowest BCUT2D eigenvalue weighted by atomic mass is 9.88. The van der Waals surface area contributed by atoms with Crippen LogP contribution in [0.4, 0.5) is 4.39 Å². The molecular weight excluding hydrogens is 471 g/mol. The van der Waals surface area contributed by atoms with Crippen LogP contribution in [0.5, 0.6) is 11.5 Å². The number of halogens is 1. The molecule has 3 aromatic carbocycles. The van der Waals surface area contributed by atoms with E-state index < -0.39 is 5.41 Å². The number of ether oxygens (including phenoxy) is 1. The summed E-state index contributed by atoms with van der Waals surface area (Å²) in [5.74, 6) is 0.779. The molecule has 0 aliphatic heterocycles. The number of aromatic nitrogens is 1. The van der Waals surface area contributed by atoms with Crippen molar-refractivity contribution in [3.05, 3.63) is 102 Å². The molecule has 0 radical (unpaired) electrons. The van der Waals surface area contributed by atoms with Gasteiger partial charge in [-0.2, -0.15) is 0 Å². The Balaban J connectivity index is 1.24. The van der Waals surface area contributed by atoms with E-state index >= 15 is 0 Å². The summed E-state index contributed by atoms with van der Waals surface area (Å²) in [7, 11) is 1.49. The maximum absolute atomic E-state index is 13.2. The Morgan fingerprint density at radius 3 is 2.22 bits per heavy atom. The van der Waals surface area contributed by atoms with Crippen LogP contribution in [0.15, 0.2) is 84.1 Å². The Bertz CT molecular complexity index is 1480. The lowest BCUT2D eigenvalue weighted by molar-refractivity contribution is -0.133. The predicted octanol–water partition coefficient (Wildman–Crippen LogP) is 5.85. The van der Waals surface area contributed by atoms with Gasteiger partial charge in [-0.1, -0.05) is 35.5 Å². The first kappa shape index (κ1) is 24.3. The minimum atomic E-state index is -0.910. The second-order valence-electron chi connectivity index (χ2n) is 9.16. The molecule has 37 heavy (non-hydrogen) atoms. The Labute approximate surface area is 213 Å². The fraction of sp³-hybridized carbons (Fsp3) is 0.200. The van der Waals surface area contributed by atoms with E-state index in [0.29, 0.717) is 24.3 Å². The molecule has 0 spiro atoms. The number of pyridine rings is 1. The SMILES string of the molecule is CO/N=C/c1ccc2c(Oc3ccc(CC(=O)C4(C(=O)Cc5ccc(F)cc5)CC4)cc3)ccnc2c1. The molecule has 0 amide bonds. The molecule has 5 rings (SSSR count). The minimum absolute atomic E-state index is 0.0683. The summed E-state index contributed by atoms with van der Waals surface area (Å²) in [5.41, 5.74) is 2.25. The molecule has 1 heterocycles. The molecule has 7 heteroatoms. The van der Waals surface area contributed by atoms with Crippen LogP contribution < -0.4 is 4.74 Å². The summed E-state index contributed by atoms with van der Waals surface area (Å²) in [4.78, 5) is 35.1. The van der Waals surface area contributed by atoms with Crippen LogP contribution in [-0.4, -0.2) is 29.9 Å². The van der Waals surface area contributed by atoms with Crippen LogP contribution >= 0.6 is 0 Å². The van der Waals surface area contributed by atoms with Gasteiger partial charge in [0.25, 0.3) is 0 Å². The molecule has 1 aliphatic carbocycles. The van der Waals surface area contributed by atoms with Gasteiger partial charge < -0.3 is 9.57 Å². The molecule has 1 saturated carbocycles. The van der Waals surface area contributed by atoms with Crippen LogP contribution in [0.3, 0.4) is 0 Å². The maximum atomic E-state index is 13.2. The average Bonchev–Trinajstić information content (AvgIpc) is 3.72. The van der Waals surface area contributed by atoms with Crippen LogP contribution in [0.1, 0.15) is 29.5 Å². The zero-order valence-corrected chi connectivity index (χ0v) is 20.3. The highest BCUT2D eigenvalue weighted by molar-refractivity contribution is 6.11. The van der Waals surface area contributed by atoms with E-state index in [-0.39, 0.29) is 30.2 Å². The van der Waals surface area contributed by atoms with Crippen LogP contribution in [0, 0.1) is 11.2 Å². The number of rotatable bonds is 10. The number of fused-ring (bicyclic) bond motifs is 1. The van der Waals surface area contributed by atoms with Crippen molar-refractivity contribution in [2.75, 3.05) is 7.11 Å². The van der Waals surface area contributed by atoms with Crippen molar-refractivity contribution in [2.24, 2.45) is 10.6 Å². The van der Waals surface area contributed by atoms with Gasteiger partial charge in [0.1, 0.15) is 24.4 Å². The van der Waals surface area contributed by atoms with Crippen molar-refractivity contribution in [3.8, 4) is 11.5 Å². The highest BCUT2D eigenvalue weighted by Gasteiger charge is 2.54. The number of ketones is 2. The molecular formula is C30H25FN2O4. The van der Waals surface area contributed by atoms with Gasteiger partial charge in [0.05, 0.1) is 17.1 Å². The number of nitrogens with zero attached hydrogens (tertiary/aromatic N) is 2. The first-order valence-electron chi connectivity index (χ1n) is 12.0. The van der Waals surface area contributed by atoms with Crippen LogP contribution in [0.2, 0.25) is 0 Å². The zero-order chi connectivity index (χ0) is 25.8. The number of carbonyl (C=O) groups excluding carboxylic acids is 2. The van der Waals surface area contributed by atoms with Gasteiger partial charge in [-0.25, -0.2) is 4.39 Å².